The third-order valence-electron chi connectivity index (χ3n) is 4.21. The van der Waals surface area contributed by atoms with Gasteiger partial charge < -0.3 is 21.1 Å². The highest BCUT2D eigenvalue weighted by molar-refractivity contribution is 5.95. The third-order valence-corrected chi connectivity index (χ3v) is 4.21. The van der Waals surface area contributed by atoms with Crippen LogP contribution < -0.4 is 21.1 Å². The molecule has 2 rings (SSSR count). The summed E-state index contributed by atoms with van der Waals surface area (Å²) >= 11 is 0. The van der Waals surface area contributed by atoms with E-state index in [-0.39, 0.29) is 49.1 Å². The first-order valence-corrected chi connectivity index (χ1v) is 9.07. The number of anilines is 1. The molecule has 2 aromatic carbocycles. The zero-order valence-corrected chi connectivity index (χ0v) is 17.5. The van der Waals surface area contributed by atoms with Crippen molar-refractivity contribution in [3.05, 3.63) is 59.4 Å². The lowest BCUT2D eigenvalue weighted by molar-refractivity contribution is -0.125. The van der Waals surface area contributed by atoms with E-state index < -0.39 is 6.04 Å². The molecule has 0 radical (unpaired) electrons. The van der Waals surface area contributed by atoms with Gasteiger partial charge in [-0.3, -0.25) is 9.59 Å². The number of nitrogens with one attached hydrogen (secondary N) is 2. The lowest BCUT2D eigenvalue weighted by atomic mass is 10.1. The summed E-state index contributed by atoms with van der Waals surface area (Å²) in [4.78, 5) is 23.9. The highest BCUT2D eigenvalue weighted by atomic mass is 35.5. The number of aryl methyl sites for hydroxylation is 1. The van der Waals surface area contributed by atoms with E-state index in [0.29, 0.717) is 11.4 Å². The lowest BCUT2D eigenvalue weighted by Gasteiger charge is -2.15. The standard InChI is InChI=1S/C21H26FN3O3.ClH/c1-13(2)20(23)21(27)24-11-19(26)25-18-8-7-17(9-14(18)3)28-12-15-5-4-6-16(22)10-15;/h4-10,13,20H,11-12,23H2,1-3H3,(H,24,27)(H,25,26);1H/t20-;/m0./s1. The minimum absolute atomic E-state index is 0. The summed E-state index contributed by atoms with van der Waals surface area (Å²) in [6, 6.07) is 10.8. The summed E-state index contributed by atoms with van der Waals surface area (Å²) in [7, 11) is 0. The van der Waals surface area contributed by atoms with Crippen molar-refractivity contribution in [2.75, 3.05) is 11.9 Å². The molecule has 29 heavy (non-hydrogen) atoms. The molecule has 0 heterocycles. The predicted octanol–water partition coefficient (Wildman–Crippen LogP) is 3.17. The van der Waals surface area contributed by atoms with Crippen molar-refractivity contribution in [3.63, 3.8) is 0 Å². The molecule has 2 amide bonds. The van der Waals surface area contributed by atoms with Crippen LogP contribution in [-0.4, -0.2) is 24.4 Å². The Hall–Kier alpha value is -2.64. The van der Waals surface area contributed by atoms with Gasteiger partial charge in [-0.25, -0.2) is 4.39 Å². The maximum absolute atomic E-state index is 13.2. The molecular weight excluding hydrogens is 397 g/mol. The molecule has 6 nitrogen and oxygen atoms in total. The van der Waals surface area contributed by atoms with Crippen LogP contribution in [0.1, 0.15) is 25.0 Å². The summed E-state index contributed by atoms with van der Waals surface area (Å²) in [5.41, 5.74) is 7.88. The van der Waals surface area contributed by atoms with E-state index >= 15 is 0 Å². The third kappa shape index (κ3) is 7.71. The molecular formula is C21H27ClFN3O3. The zero-order chi connectivity index (χ0) is 20.7. The Balaban J connectivity index is 0.00000420. The first kappa shape index (κ1) is 24.4. The van der Waals surface area contributed by atoms with Crippen LogP contribution in [0.4, 0.5) is 10.1 Å². The summed E-state index contributed by atoms with van der Waals surface area (Å²) < 4.78 is 18.9. The van der Waals surface area contributed by atoms with E-state index in [1.165, 1.54) is 12.1 Å². The zero-order valence-electron chi connectivity index (χ0n) is 16.7. The lowest BCUT2D eigenvalue weighted by Crippen LogP contribution is -2.46. The molecule has 4 N–H and O–H groups in total. The smallest absolute Gasteiger partial charge is 0.243 e. The van der Waals surface area contributed by atoms with Crippen molar-refractivity contribution < 1.29 is 18.7 Å². The summed E-state index contributed by atoms with van der Waals surface area (Å²) in [6.07, 6.45) is 0. The Labute approximate surface area is 176 Å². The Morgan fingerprint density at radius 3 is 2.52 bits per heavy atom. The van der Waals surface area contributed by atoms with Gasteiger partial charge in [0, 0.05) is 5.69 Å². The number of rotatable bonds is 8. The fourth-order valence-corrected chi connectivity index (χ4v) is 2.44. The second-order valence-electron chi connectivity index (χ2n) is 6.93. The highest BCUT2D eigenvalue weighted by Crippen LogP contribution is 2.22. The maximum atomic E-state index is 13.2. The van der Waals surface area contributed by atoms with Crippen molar-refractivity contribution >= 4 is 29.9 Å². The number of carbonyl (C=O) groups is 2. The van der Waals surface area contributed by atoms with Gasteiger partial charge in [0.1, 0.15) is 18.2 Å². The first-order valence-electron chi connectivity index (χ1n) is 9.07. The largest absolute Gasteiger partial charge is 0.489 e. The molecule has 158 valence electrons. The molecule has 0 aromatic heterocycles. The van der Waals surface area contributed by atoms with Gasteiger partial charge in [0.25, 0.3) is 0 Å². The molecule has 2 aromatic rings. The first-order chi connectivity index (χ1) is 13.3. The second kappa shape index (κ2) is 11.4. The van der Waals surface area contributed by atoms with Crippen molar-refractivity contribution in [2.45, 2.75) is 33.4 Å². The minimum atomic E-state index is -0.649. The number of ether oxygens (including phenoxy) is 1. The molecule has 0 bridgehead atoms. The van der Waals surface area contributed by atoms with Gasteiger partial charge in [-0.1, -0.05) is 26.0 Å². The van der Waals surface area contributed by atoms with Crippen LogP contribution in [0, 0.1) is 18.7 Å². The Kier molecular flexibility index (Phi) is 9.58. The molecule has 0 spiro atoms. The number of halogens is 2. The van der Waals surface area contributed by atoms with Crippen molar-refractivity contribution in [3.8, 4) is 5.75 Å². The number of hydrogen-bond acceptors (Lipinski definition) is 4. The van der Waals surface area contributed by atoms with E-state index in [4.69, 9.17) is 10.5 Å². The van der Waals surface area contributed by atoms with E-state index in [1.807, 2.05) is 20.8 Å². The average molecular weight is 424 g/mol. The maximum Gasteiger partial charge on any atom is 0.243 e. The predicted molar refractivity (Wildman–Crippen MR) is 114 cm³/mol. The van der Waals surface area contributed by atoms with Gasteiger partial charge in [-0.15, -0.1) is 12.4 Å². The Bertz CT molecular complexity index is 846. The quantitative estimate of drug-likeness (QED) is 0.608. The van der Waals surface area contributed by atoms with Crippen LogP contribution in [0.2, 0.25) is 0 Å². The molecule has 0 saturated carbocycles. The van der Waals surface area contributed by atoms with Crippen LogP contribution >= 0.6 is 12.4 Å². The van der Waals surface area contributed by atoms with Gasteiger partial charge >= 0.3 is 0 Å². The normalized spacial score (nSPS) is 11.4. The number of hydrogen-bond donors (Lipinski definition) is 3. The fraction of sp³-hybridized carbons (Fsp3) is 0.333. The van der Waals surface area contributed by atoms with Crippen molar-refractivity contribution in [2.24, 2.45) is 11.7 Å². The molecule has 8 heteroatoms. The number of carbonyl (C=O) groups excluding carboxylic acids is 2. The summed E-state index contributed by atoms with van der Waals surface area (Å²) in [5, 5.41) is 5.27. The van der Waals surface area contributed by atoms with Crippen LogP contribution in [-0.2, 0) is 16.2 Å². The minimum Gasteiger partial charge on any atom is -0.489 e. The average Bonchev–Trinajstić information content (AvgIpc) is 2.65. The second-order valence-corrected chi connectivity index (χ2v) is 6.93. The van der Waals surface area contributed by atoms with E-state index in [2.05, 4.69) is 10.6 Å². The van der Waals surface area contributed by atoms with Crippen molar-refractivity contribution in [1.82, 2.24) is 5.32 Å². The summed E-state index contributed by atoms with van der Waals surface area (Å²) in [5.74, 6) is -0.415. The number of nitrogens with two attached hydrogens (primary N) is 1. The molecule has 0 aliphatic heterocycles. The van der Waals surface area contributed by atoms with Crippen LogP contribution in [0.5, 0.6) is 5.75 Å². The molecule has 0 unspecified atom stereocenters. The van der Waals surface area contributed by atoms with Crippen LogP contribution in [0.3, 0.4) is 0 Å². The van der Waals surface area contributed by atoms with Gasteiger partial charge in [-0.05, 0) is 54.3 Å². The Morgan fingerprint density at radius 1 is 1.17 bits per heavy atom. The van der Waals surface area contributed by atoms with E-state index in [1.54, 1.807) is 30.3 Å². The van der Waals surface area contributed by atoms with Gasteiger partial charge in [0.2, 0.25) is 11.8 Å². The molecule has 0 aliphatic rings. The number of benzene rings is 2. The van der Waals surface area contributed by atoms with Gasteiger partial charge in [0.15, 0.2) is 0 Å². The van der Waals surface area contributed by atoms with Crippen molar-refractivity contribution in [1.29, 1.82) is 0 Å². The van der Waals surface area contributed by atoms with Gasteiger partial charge in [-0.2, -0.15) is 0 Å². The van der Waals surface area contributed by atoms with Crippen LogP contribution in [0.15, 0.2) is 42.5 Å². The molecule has 1 atom stereocenters. The van der Waals surface area contributed by atoms with E-state index in [0.717, 1.165) is 11.1 Å². The van der Waals surface area contributed by atoms with E-state index in [9.17, 15) is 14.0 Å². The number of amides is 2. The monoisotopic (exact) mass is 423 g/mol. The molecule has 0 saturated heterocycles. The fourth-order valence-electron chi connectivity index (χ4n) is 2.44. The van der Waals surface area contributed by atoms with Crippen LogP contribution in [0.25, 0.3) is 0 Å². The SMILES string of the molecule is Cc1cc(OCc2cccc(F)c2)ccc1NC(=O)CNC(=O)[C@@H](N)C(C)C.Cl. The highest BCUT2D eigenvalue weighted by Gasteiger charge is 2.17. The summed E-state index contributed by atoms with van der Waals surface area (Å²) in [6.45, 7) is 5.59. The topological polar surface area (TPSA) is 93.5 Å². The molecule has 0 fully saturated rings. The Morgan fingerprint density at radius 2 is 1.90 bits per heavy atom. The molecule has 0 aliphatic carbocycles. The van der Waals surface area contributed by atoms with Gasteiger partial charge in [0.05, 0.1) is 12.6 Å².